The van der Waals surface area contributed by atoms with Crippen LogP contribution in [0.25, 0.3) is 27.9 Å². The molecule has 1 aliphatic rings. The fraction of sp³-hybridized carbons (Fsp3) is 0.480. The fourth-order valence-electron chi connectivity index (χ4n) is 4.89. The summed E-state index contributed by atoms with van der Waals surface area (Å²) in [5, 5.41) is 8.12. The second-order valence-corrected chi connectivity index (χ2v) is 12.3. The van der Waals surface area contributed by atoms with Crippen molar-refractivity contribution in [2.24, 2.45) is 0 Å². The highest BCUT2D eigenvalue weighted by Gasteiger charge is 2.29. The monoisotopic (exact) mass is 605 g/mol. The molecule has 0 spiro atoms. The number of fused-ring (bicyclic) bond motifs is 3. The van der Waals surface area contributed by atoms with Gasteiger partial charge in [0, 0.05) is 31.7 Å². The van der Waals surface area contributed by atoms with E-state index >= 15 is 0 Å². The molecule has 1 aromatic carbocycles. The molecule has 0 radical (unpaired) electrons. The summed E-state index contributed by atoms with van der Waals surface area (Å²) >= 11 is 3.72. The molecule has 204 valence electrons. The first-order valence-corrected chi connectivity index (χ1v) is 15.1. The van der Waals surface area contributed by atoms with E-state index in [0.29, 0.717) is 70.9 Å². The summed E-state index contributed by atoms with van der Waals surface area (Å²) in [5.74, 6) is 0.551. The first-order chi connectivity index (χ1) is 18.3. The number of halogens is 1. The van der Waals surface area contributed by atoms with E-state index in [1.165, 1.54) is 10.7 Å². The van der Waals surface area contributed by atoms with Crippen LogP contribution in [-0.2, 0) is 16.6 Å². The van der Waals surface area contributed by atoms with Crippen LogP contribution < -0.4 is 10.4 Å². The van der Waals surface area contributed by atoms with Crippen LogP contribution in [0.2, 0.25) is 0 Å². The van der Waals surface area contributed by atoms with Crippen molar-refractivity contribution in [2.75, 3.05) is 39.8 Å². The average molecular weight is 607 g/mol. The molecule has 1 N–H and O–H groups in total. The van der Waals surface area contributed by atoms with Gasteiger partial charge >= 0.3 is 5.69 Å². The molecule has 4 aromatic rings. The van der Waals surface area contributed by atoms with Crippen molar-refractivity contribution in [1.82, 2.24) is 33.4 Å². The highest BCUT2D eigenvalue weighted by Crippen LogP contribution is 2.41. The molecule has 5 rings (SSSR count). The first-order valence-electron chi connectivity index (χ1n) is 12.9. The lowest BCUT2D eigenvalue weighted by Gasteiger charge is -2.21. The second kappa shape index (κ2) is 10.8. The Bertz CT molecular complexity index is 1640. The predicted octanol–water partition coefficient (Wildman–Crippen LogP) is 3.33. The van der Waals surface area contributed by atoms with E-state index in [9.17, 15) is 13.2 Å². The number of likely N-dealkylation sites (N-methyl/N-ethyl adjacent to an activating group) is 1. The topological polar surface area (TPSA) is 118 Å². The Balaban J connectivity index is 1.71. The second-order valence-electron chi connectivity index (χ2n) is 9.56. The molecule has 0 saturated carbocycles. The minimum absolute atomic E-state index is 0.199. The van der Waals surface area contributed by atoms with Crippen molar-refractivity contribution in [3.8, 4) is 17.0 Å². The smallest absolute Gasteiger partial charge is 0.335 e. The van der Waals surface area contributed by atoms with Crippen LogP contribution in [0.1, 0.15) is 33.1 Å². The number of hydrogen-bond acceptors (Lipinski definition) is 7. The maximum absolute atomic E-state index is 13.7. The summed E-state index contributed by atoms with van der Waals surface area (Å²) in [4.78, 5) is 19.0. The molecule has 0 aliphatic carbocycles. The largest absolute Gasteiger partial charge is 0.493 e. The molecule has 11 nitrogen and oxygen atoms in total. The summed E-state index contributed by atoms with van der Waals surface area (Å²) in [6.07, 6.45) is 3.72. The Kier molecular flexibility index (Phi) is 7.63. The van der Waals surface area contributed by atoms with E-state index in [0.717, 1.165) is 25.8 Å². The maximum Gasteiger partial charge on any atom is 0.335 e. The van der Waals surface area contributed by atoms with E-state index in [4.69, 9.17) is 4.74 Å². The van der Waals surface area contributed by atoms with Gasteiger partial charge in [0.05, 0.1) is 27.2 Å². The van der Waals surface area contributed by atoms with Crippen LogP contribution >= 0.6 is 15.9 Å². The van der Waals surface area contributed by atoms with Crippen molar-refractivity contribution >= 4 is 42.6 Å². The zero-order chi connectivity index (χ0) is 27.0. The van der Waals surface area contributed by atoms with E-state index < -0.39 is 10.0 Å². The molecule has 13 heteroatoms. The summed E-state index contributed by atoms with van der Waals surface area (Å²) in [6.45, 7) is 7.44. The minimum atomic E-state index is -3.73. The van der Waals surface area contributed by atoms with Crippen LogP contribution in [-0.4, -0.2) is 81.6 Å². The Hall–Kier alpha value is -2.74. The number of aromatic nitrogens is 5. The Morgan fingerprint density at radius 1 is 1.13 bits per heavy atom. The fourth-order valence-corrected chi connectivity index (χ4v) is 7.11. The lowest BCUT2D eigenvalue weighted by atomic mass is 10.1. The van der Waals surface area contributed by atoms with Crippen LogP contribution in [0.5, 0.6) is 5.75 Å². The molecule has 38 heavy (non-hydrogen) atoms. The van der Waals surface area contributed by atoms with Crippen LogP contribution in [0.15, 0.2) is 38.7 Å². The zero-order valence-corrected chi connectivity index (χ0v) is 24.2. The Morgan fingerprint density at radius 3 is 2.71 bits per heavy atom. The van der Waals surface area contributed by atoms with E-state index in [2.05, 4.69) is 36.0 Å². The SMILES string of the molecule is CCCOc1ccc(S(=O)(=O)N2CCCN(C)CC2)cc1-c1[nH]c2c(c1Br)n(CCC)c(=O)n1cnnc21. The zero-order valence-electron chi connectivity index (χ0n) is 21.8. The number of sulfonamides is 1. The number of nitrogens with zero attached hydrogens (tertiary/aromatic N) is 6. The summed E-state index contributed by atoms with van der Waals surface area (Å²) in [5.41, 5.74) is 2.63. The van der Waals surface area contributed by atoms with Gasteiger partial charge in [-0.2, -0.15) is 4.31 Å². The molecule has 4 heterocycles. The molecule has 1 fully saturated rings. The van der Waals surface area contributed by atoms with E-state index in [1.807, 2.05) is 20.9 Å². The minimum Gasteiger partial charge on any atom is -0.493 e. The molecule has 0 amide bonds. The number of benzene rings is 1. The van der Waals surface area contributed by atoms with Gasteiger partial charge in [-0.05, 0) is 67.0 Å². The first kappa shape index (κ1) is 26.9. The van der Waals surface area contributed by atoms with Crippen molar-refractivity contribution in [3.63, 3.8) is 0 Å². The quantitative estimate of drug-likeness (QED) is 0.327. The lowest BCUT2D eigenvalue weighted by Crippen LogP contribution is -2.34. The number of hydrogen-bond donors (Lipinski definition) is 1. The molecule has 1 aliphatic heterocycles. The van der Waals surface area contributed by atoms with Gasteiger partial charge in [-0.25, -0.2) is 17.6 Å². The number of rotatable bonds is 8. The van der Waals surface area contributed by atoms with Crippen molar-refractivity contribution in [1.29, 1.82) is 0 Å². The van der Waals surface area contributed by atoms with Gasteiger partial charge in [0.25, 0.3) is 0 Å². The van der Waals surface area contributed by atoms with Crippen LogP contribution in [0.3, 0.4) is 0 Å². The molecular weight excluding hydrogens is 574 g/mol. The number of ether oxygens (including phenoxy) is 1. The third-order valence-electron chi connectivity index (χ3n) is 6.84. The van der Waals surface area contributed by atoms with Gasteiger partial charge < -0.3 is 14.6 Å². The molecule has 0 bridgehead atoms. The van der Waals surface area contributed by atoms with Crippen LogP contribution in [0.4, 0.5) is 0 Å². The Labute approximate surface area is 229 Å². The summed E-state index contributed by atoms with van der Waals surface area (Å²) < 4.78 is 38.8. The van der Waals surface area contributed by atoms with Gasteiger partial charge in [0.2, 0.25) is 10.0 Å². The number of aryl methyl sites for hydroxylation is 1. The highest BCUT2D eigenvalue weighted by molar-refractivity contribution is 9.10. The van der Waals surface area contributed by atoms with E-state index in [-0.39, 0.29) is 10.6 Å². The lowest BCUT2D eigenvalue weighted by molar-refractivity contribution is 0.318. The average Bonchev–Trinajstić information content (AvgIpc) is 3.45. The van der Waals surface area contributed by atoms with Crippen molar-refractivity contribution in [3.05, 3.63) is 39.5 Å². The van der Waals surface area contributed by atoms with Gasteiger partial charge in [-0.1, -0.05) is 13.8 Å². The van der Waals surface area contributed by atoms with Gasteiger partial charge in [0.1, 0.15) is 17.6 Å². The van der Waals surface area contributed by atoms with Gasteiger partial charge in [-0.15, -0.1) is 10.2 Å². The standard InChI is InChI=1S/C25H32BrN7O4S/c1-4-9-32-23-20(26)21(28-22(23)24-29-27-16-33(24)25(32)34)18-15-17(7-8-19(18)37-14-5-2)38(35,36)31-11-6-10-30(3)12-13-31/h7-8,15-16,28H,4-6,9-14H2,1-3H3. The third-order valence-corrected chi connectivity index (χ3v) is 9.50. The number of H-pyrrole nitrogens is 1. The third kappa shape index (κ3) is 4.65. The number of nitrogens with one attached hydrogen (secondary N) is 1. The molecule has 3 aromatic heterocycles. The van der Waals surface area contributed by atoms with Crippen molar-refractivity contribution < 1.29 is 13.2 Å². The molecule has 0 atom stereocenters. The molecular formula is C25H32BrN7O4S. The van der Waals surface area contributed by atoms with E-state index in [1.54, 1.807) is 27.1 Å². The van der Waals surface area contributed by atoms with Crippen LogP contribution in [0, 0.1) is 0 Å². The van der Waals surface area contributed by atoms with Crippen molar-refractivity contribution in [2.45, 2.75) is 44.6 Å². The van der Waals surface area contributed by atoms with Gasteiger partial charge in [-0.3, -0.25) is 4.57 Å². The molecule has 0 unspecified atom stereocenters. The predicted molar refractivity (Wildman–Crippen MR) is 149 cm³/mol. The molecule has 1 saturated heterocycles. The Morgan fingerprint density at radius 2 is 1.95 bits per heavy atom. The van der Waals surface area contributed by atoms with Gasteiger partial charge in [0.15, 0.2) is 5.65 Å². The maximum atomic E-state index is 13.7. The summed E-state index contributed by atoms with van der Waals surface area (Å²) in [7, 11) is -1.72. The number of aromatic amines is 1. The normalized spacial score (nSPS) is 15.9. The highest BCUT2D eigenvalue weighted by atomic mass is 79.9. The summed E-state index contributed by atoms with van der Waals surface area (Å²) in [6, 6.07) is 4.98.